The molecule has 0 aliphatic heterocycles. The van der Waals surface area contributed by atoms with Crippen LogP contribution < -0.4 is 10.8 Å². The average molecular weight is 494 g/mol. The van der Waals surface area contributed by atoms with E-state index in [1.165, 1.54) is 12.3 Å². The van der Waals surface area contributed by atoms with Crippen LogP contribution in [0.3, 0.4) is 0 Å². The first kappa shape index (κ1) is 23.8. The van der Waals surface area contributed by atoms with Crippen LogP contribution in [0.25, 0.3) is 22.3 Å². The van der Waals surface area contributed by atoms with Gasteiger partial charge in [0.1, 0.15) is 18.4 Å². The number of nitrogens with zero attached hydrogens (tertiary/aromatic N) is 4. The highest BCUT2D eigenvalue weighted by Gasteiger charge is 2.20. The van der Waals surface area contributed by atoms with Crippen LogP contribution in [0.15, 0.2) is 48.7 Å². The fourth-order valence-electron chi connectivity index (χ4n) is 3.62. The van der Waals surface area contributed by atoms with Gasteiger partial charge in [-0.1, -0.05) is 23.7 Å². The molecule has 0 saturated carbocycles. The van der Waals surface area contributed by atoms with Crippen LogP contribution in [0.5, 0.6) is 0 Å². The maximum Gasteiger partial charge on any atom is 0.151 e. The van der Waals surface area contributed by atoms with Crippen molar-refractivity contribution in [2.45, 2.75) is 19.9 Å². The van der Waals surface area contributed by atoms with Crippen molar-refractivity contribution < 1.29 is 8.96 Å². The molecule has 0 aliphatic carbocycles. The second-order valence-electron chi connectivity index (χ2n) is 8.43. The lowest BCUT2D eigenvalue weighted by Crippen LogP contribution is -2.10. The van der Waals surface area contributed by atoms with Gasteiger partial charge in [-0.3, -0.25) is 4.98 Å². The van der Waals surface area contributed by atoms with E-state index in [0.717, 1.165) is 5.56 Å². The molecular formula is C25H22ClFN5OP. The summed E-state index contributed by atoms with van der Waals surface area (Å²) in [6.07, 6.45) is 1.47. The number of halogens is 2. The van der Waals surface area contributed by atoms with Crippen LogP contribution in [0.2, 0.25) is 5.02 Å². The molecule has 9 heteroatoms. The zero-order valence-electron chi connectivity index (χ0n) is 19.1. The second-order valence-corrected chi connectivity index (χ2v) is 12.0. The summed E-state index contributed by atoms with van der Waals surface area (Å²) in [5.74, 6) is -0.548. The van der Waals surface area contributed by atoms with Gasteiger partial charge >= 0.3 is 0 Å². The molecule has 172 valence electrons. The fourth-order valence-corrected chi connectivity index (χ4v) is 4.57. The van der Waals surface area contributed by atoms with Crippen molar-refractivity contribution in [2.75, 3.05) is 18.6 Å². The van der Waals surface area contributed by atoms with E-state index in [9.17, 15) is 9.83 Å². The summed E-state index contributed by atoms with van der Waals surface area (Å²) in [5, 5.41) is 13.0. The lowest BCUT2D eigenvalue weighted by Gasteiger charge is -2.19. The standard InChI is InChI=1S/C25H22ClFN5OP/c1-14(17-7-5-6-16(10-17)12-28)31-25-22(26)15(2)30-20-11-19(27)23(32-24(20)25)18-8-9-21(29-13-18)34(3,4)33/h5-11,13-14H,1-4H3,(H,30,31)/t14-/m1/s1. The van der Waals surface area contributed by atoms with Crippen molar-refractivity contribution in [2.24, 2.45) is 0 Å². The molecular weight excluding hydrogens is 472 g/mol. The number of aromatic nitrogens is 3. The molecule has 3 heterocycles. The van der Waals surface area contributed by atoms with Crippen molar-refractivity contribution in [3.8, 4) is 17.3 Å². The van der Waals surface area contributed by atoms with Gasteiger partial charge in [-0.25, -0.2) is 14.4 Å². The Kier molecular flexibility index (Phi) is 6.40. The van der Waals surface area contributed by atoms with E-state index >= 15 is 4.39 Å². The number of nitriles is 1. The van der Waals surface area contributed by atoms with Crippen molar-refractivity contribution in [3.05, 3.63) is 76.3 Å². The molecule has 1 atom stereocenters. The molecule has 0 radical (unpaired) electrons. The van der Waals surface area contributed by atoms with Gasteiger partial charge < -0.3 is 9.88 Å². The zero-order valence-corrected chi connectivity index (χ0v) is 20.7. The summed E-state index contributed by atoms with van der Waals surface area (Å²) in [6, 6.07) is 13.8. The Labute approximate surface area is 202 Å². The first-order valence-electron chi connectivity index (χ1n) is 10.5. The summed E-state index contributed by atoms with van der Waals surface area (Å²) >= 11 is 6.62. The topological polar surface area (TPSA) is 91.6 Å². The number of hydrogen-bond donors (Lipinski definition) is 1. The van der Waals surface area contributed by atoms with E-state index in [1.807, 2.05) is 19.1 Å². The molecule has 4 rings (SSSR count). The molecule has 0 bridgehead atoms. The van der Waals surface area contributed by atoms with Crippen molar-refractivity contribution in [1.82, 2.24) is 15.0 Å². The molecule has 34 heavy (non-hydrogen) atoms. The van der Waals surface area contributed by atoms with E-state index in [0.29, 0.717) is 44.0 Å². The Hall–Kier alpha value is -3.33. The maximum atomic E-state index is 15.0. The van der Waals surface area contributed by atoms with E-state index in [2.05, 4.69) is 26.3 Å². The lowest BCUT2D eigenvalue weighted by molar-refractivity contribution is 0.588. The van der Waals surface area contributed by atoms with Crippen molar-refractivity contribution >= 4 is 40.9 Å². The maximum absolute atomic E-state index is 15.0. The molecule has 0 spiro atoms. The highest BCUT2D eigenvalue weighted by molar-refractivity contribution is 7.69. The van der Waals surface area contributed by atoms with Gasteiger partial charge in [0.15, 0.2) is 5.82 Å². The molecule has 1 aromatic carbocycles. The minimum absolute atomic E-state index is 0.0949. The summed E-state index contributed by atoms with van der Waals surface area (Å²) in [5.41, 5.74) is 4.29. The lowest BCUT2D eigenvalue weighted by atomic mass is 10.0. The third-order valence-corrected chi connectivity index (χ3v) is 7.30. The van der Waals surface area contributed by atoms with Crippen molar-refractivity contribution in [1.29, 1.82) is 5.26 Å². The van der Waals surface area contributed by atoms with E-state index < -0.39 is 13.0 Å². The molecule has 0 aliphatic rings. The number of pyridine rings is 3. The Balaban J connectivity index is 1.82. The predicted molar refractivity (Wildman–Crippen MR) is 135 cm³/mol. The van der Waals surface area contributed by atoms with Crippen LogP contribution in [-0.4, -0.2) is 28.3 Å². The summed E-state index contributed by atoms with van der Waals surface area (Å²) < 4.78 is 27.3. The highest BCUT2D eigenvalue weighted by Crippen LogP contribution is 2.37. The van der Waals surface area contributed by atoms with Gasteiger partial charge in [-0.05, 0) is 57.0 Å². The molecule has 3 aromatic heterocycles. The zero-order chi connectivity index (χ0) is 24.6. The second kappa shape index (κ2) is 9.13. The Morgan fingerprint density at radius 3 is 2.59 bits per heavy atom. The Morgan fingerprint density at radius 2 is 1.94 bits per heavy atom. The highest BCUT2D eigenvalue weighted by atomic mass is 35.5. The number of nitrogens with one attached hydrogen (secondary N) is 1. The summed E-state index contributed by atoms with van der Waals surface area (Å²) in [4.78, 5) is 13.2. The van der Waals surface area contributed by atoms with Crippen LogP contribution >= 0.6 is 18.7 Å². The predicted octanol–water partition coefficient (Wildman–Crippen LogP) is 6.09. The van der Waals surface area contributed by atoms with Gasteiger partial charge in [0.05, 0.1) is 39.0 Å². The fraction of sp³-hybridized carbons (Fsp3) is 0.200. The molecule has 6 nitrogen and oxygen atoms in total. The average Bonchev–Trinajstić information content (AvgIpc) is 2.81. The Bertz CT molecular complexity index is 1490. The molecule has 4 aromatic rings. The van der Waals surface area contributed by atoms with Crippen LogP contribution in [-0.2, 0) is 4.57 Å². The van der Waals surface area contributed by atoms with E-state index in [-0.39, 0.29) is 11.7 Å². The number of rotatable bonds is 5. The molecule has 1 N–H and O–H groups in total. The smallest absolute Gasteiger partial charge is 0.151 e. The largest absolute Gasteiger partial charge is 0.375 e. The van der Waals surface area contributed by atoms with Crippen LogP contribution in [0.1, 0.15) is 29.8 Å². The van der Waals surface area contributed by atoms with Gasteiger partial charge in [-0.2, -0.15) is 5.26 Å². The number of fused-ring (bicyclic) bond motifs is 1. The first-order valence-corrected chi connectivity index (χ1v) is 13.5. The first-order chi connectivity index (χ1) is 16.1. The van der Waals surface area contributed by atoms with Crippen LogP contribution in [0, 0.1) is 24.1 Å². The normalized spacial score (nSPS) is 12.4. The molecule has 0 amide bonds. The minimum Gasteiger partial charge on any atom is -0.375 e. The van der Waals surface area contributed by atoms with Gasteiger partial charge in [0.2, 0.25) is 0 Å². The molecule has 0 saturated heterocycles. The molecule has 0 unspecified atom stereocenters. The van der Waals surface area contributed by atoms with Gasteiger partial charge in [0.25, 0.3) is 0 Å². The third-order valence-electron chi connectivity index (χ3n) is 5.47. The number of aryl methyl sites for hydroxylation is 1. The number of hydrogen-bond acceptors (Lipinski definition) is 6. The number of anilines is 1. The molecule has 0 fully saturated rings. The Morgan fingerprint density at radius 1 is 1.18 bits per heavy atom. The SMILES string of the molecule is Cc1nc2cc(F)c(-c3ccc(P(C)(C)=O)nc3)nc2c(N[C@H](C)c2cccc(C#N)c2)c1Cl. The van der Waals surface area contributed by atoms with Crippen molar-refractivity contribution in [3.63, 3.8) is 0 Å². The monoisotopic (exact) mass is 493 g/mol. The third kappa shape index (κ3) is 4.65. The van der Waals surface area contributed by atoms with Gasteiger partial charge in [0, 0.05) is 23.9 Å². The summed E-state index contributed by atoms with van der Waals surface area (Å²) in [6.45, 7) is 6.95. The van der Waals surface area contributed by atoms with Crippen LogP contribution in [0.4, 0.5) is 10.1 Å². The minimum atomic E-state index is -2.53. The van der Waals surface area contributed by atoms with Gasteiger partial charge in [-0.15, -0.1) is 0 Å². The number of benzene rings is 1. The van der Waals surface area contributed by atoms with E-state index in [4.69, 9.17) is 11.6 Å². The summed E-state index contributed by atoms with van der Waals surface area (Å²) in [7, 11) is -2.53. The van der Waals surface area contributed by atoms with E-state index in [1.54, 1.807) is 44.5 Å². The quantitative estimate of drug-likeness (QED) is 0.338.